The maximum absolute atomic E-state index is 12.3. The van der Waals surface area contributed by atoms with E-state index >= 15 is 0 Å². The summed E-state index contributed by atoms with van der Waals surface area (Å²) in [5.41, 5.74) is 20.0. The van der Waals surface area contributed by atoms with E-state index in [0.29, 0.717) is 67.0 Å². The zero-order valence-electron chi connectivity index (χ0n) is 71.6. The molecule has 12 rings (SSSR count). The van der Waals surface area contributed by atoms with E-state index in [4.69, 9.17) is 43.0 Å². The summed E-state index contributed by atoms with van der Waals surface area (Å²) >= 11 is 0. The second kappa shape index (κ2) is 41.4. The molecule has 0 spiro atoms. The van der Waals surface area contributed by atoms with Gasteiger partial charge in [0.15, 0.2) is 0 Å². The molecule has 8 atom stereocenters. The third kappa shape index (κ3) is 22.9. The highest BCUT2D eigenvalue weighted by atomic mass is 16.6. The summed E-state index contributed by atoms with van der Waals surface area (Å²) in [6, 6.07) is 42.3. The van der Waals surface area contributed by atoms with Crippen molar-refractivity contribution in [2.75, 3.05) is 39.9 Å². The predicted molar refractivity (Wildman–Crippen MR) is 457 cm³/mol. The number of benzene rings is 6. The third-order valence-electron chi connectivity index (χ3n) is 20.5. The van der Waals surface area contributed by atoms with Gasteiger partial charge in [0.25, 0.3) is 0 Å². The molecular formula is C92H113N9O19. The Morgan fingerprint density at radius 3 is 1.13 bits per heavy atom. The summed E-state index contributed by atoms with van der Waals surface area (Å²) in [5, 5.41) is 21.0. The van der Waals surface area contributed by atoms with Gasteiger partial charge < -0.3 is 89.0 Å². The van der Waals surface area contributed by atoms with Crippen molar-refractivity contribution in [1.82, 2.24) is 21.3 Å². The van der Waals surface area contributed by atoms with Crippen LogP contribution < -0.4 is 46.6 Å². The van der Waals surface area contributed by atoms with Gasteiger partial charge in [0.2, 0.25) is 29.4 Å². The van der Waals surface area contributed by atoms with Crippen LogP contribution >= 0.6 is 0 Å². The van der Waals surface area contributed by atoms with E-state index in [2.05, 4.69) is 33.4 Å². The molecule has 8 amide bonds. The van der Waals surface area contributed by atoms with Crippen LogP contribution in [0.2, 0.25) is 0 Å². The number of nitrogens with one attached hydrogen (secondary N) is 4. The number of rotatable bonds is 18. The number of esters is 2. The molecule has 6 heterocycles. The van der Waals surface area contributed by atoms with Gasteiger partial charge >= 0.3 is 36.3 Å². The fourth-order valence-corrected chi connectivity index (χ4v) is 15.7. The number of aliphatic hydroxyl groups excluding tert-OH is 1. The molecule has 7 N–H and O–H groups in total. The van der Waals surface area contributed by atoms with Crippen LogP contribution in [-0.4, -0.2) is 134 Å². The predicted octanol–water partition coefficient (Wildman–Crippen LogP) is 16.8. The van der Waals surface area contributed by atoms with Gasteiger partial charge in [0.05, 0.1) is 68.6 Å². The lowest BCUT2D eigenvalue weighted by Crippen LogP contribution is -2.45. The van der Waals surface area contributed by atoms with Crippen molar-refractivity contribution < 1.29 is 90.3 Å². The third-order valence-corrected chi connectivity index (χ3v) is 20.5. The molecule has 28 nitrogen and oxygen atoms in total. The SMILES string of the molecule is CC(=O)N1c2ccc(-c3cccc(CCO)c3)cc2[C@H](NC(=O)OC(C)C)C[C@@H]1C.CC(=O)N1c2ccc(-c3cccc(CN)c3)cc2[C@H](NC(=O)OC(C)C)C[C@@H]1C.CCOC(=O)c1ccc(-c2ccc3c(c2)[C@H](NC(=O)OC(C)C)C[C@H](C)N3C(C)=O)o1.COC(=O)c1ccoc1-c1ccc2c(c1)[C@H](NC(=O)OC(C)C)C[C@H](C)N2C(C)=O. The Kier molecular flexibility index (Phi) is 31.6. The minimum Gasteiger partial charge on any atom is -0.465 e. The summed E-state index contributed by atoms with van der Waals surface area (Å²) in [6.07, 6.45) is 1.44. The van der Waals surface area contributed by atoms with E-state index in [9.17, 15) is 53.1 Å². The summed E-state index contributed by atoms with van der Waals surface area (Å²) in [5.74, 6) is -0.276. The number of anilines is 4. The summed E-state index contributed by atoms with van der Waals surface area (Å²) in [7, 11) is 1.30. The average Bonchev–Trinajstić information content (AvgIpc) is 1.07. The first kappa shape index (κ1) is 91.6. The van der Waals surface area contributed by atoms with Gasteiger partial charge in [-0.05, 0) is 263 Å². The zero-order chi connectivity index (χ0) is 87.7. The minimum atomic E-state index is -0.528. The van der Waals surface area contributed by atoms with Gasteiger partial charge in [-0.1, -0.05) is 54.6 Å². The number of carbonyl (C=O) groups is 10. The van der Waals surface area contributed by atoms with Crippen molar-refractivity contribution in [3.63, 3.8) is 0 Å². The highest BCUT2D eigenvalue weighted by Gasteiger charge is 2.39. The summed E-state index contributed by atoms with van der Waals surface area (Å²) in [4.78, 5) is 129. The molecule has 0 unspecified atom stereocenters. The van der Waals surface area contributed by atoms with E-state index in [1.54, 1.807) is 98.4 Å². The molecule has 0 saturated carbocycles. The highest BCUT2D eigenvalue weighted by molar-refractivity contribution is 5.99. The lowest BCUT2D eigenvalue weighted by atomic mass is 9.89. The topological polar surface area (TPSA) is 360 Å². The standard InChI is InChI=1S/C24H30N2O4.C23H29N3O3.C23H28N2O6.C22H26N2O6/c1-15(2)30-24(29)25-22-12-16(3)26(17(4)28)23-9-8-20(14-21(22)23)19-7-5-6-18(13-19)10-11-27;1-14(2)29-23(28)25-21-10-15(3)26(16(4)27)22-9-8-19(12-20(21)22)18-7-5-6-17(11-18)13-24;1-6-29-22(27)21-10-9-20(31-21)16-7-8-19-17(12-16)18(24-23(28)30-13(2)3)11-14(4)25(19)15(5)26;1-12(2)30-22(27)23-18-10-13(3)24(14(4)25)19-7-6-15(11-17(18)19)20-16(8-9-29-20)21(26)28-5/h5-9,13-16,22,27H,10-12H2,1-4H3,(H,25,29);5-9,11-12,14-15,21H,10,13,24H2,1-4H3,(H,25,28);7-10,12-14,18H,6,11H2,1-5H3,(H,24,28);6-9,11-13,18H,10H2,1-5H3,(H,23,27)/t16-,22+;15-,21+;14-,18+;13-,18+/m0000/s1. The van der Waals surface area contributed by atoms with Crippen molar-refractivity contribution in [2.45, 2.75) is 229 Å². The van der Waals surface area contributed by atoms with Crippen LogP contribution in [0.1, 0.15) is 222 Å². The van der Waals surface area contributed by atoms with Crippen LogP contribution in [0.25, 0.3) is 44.9 Å². The van der Waals surface area contributed by atoms with Crippen LogP contribution in [0, 0.1) is 0 Å². The van der Waals surface area contributed by atoms with E-state index in [-0.39, 0.29) is 115 Å². The first-order chi connectivity index (χ1) is 57.0. The number of hydrogen-bond donors (Lipinski definition) is 6. The van der Waals surface area contributed by atoms with E-state index in [1.807, 2.05) is 152 Å². The molecule has 0 radical (unpaired) electrons. The second-order valence-electron chi connectivity index (χ2n) is 31.2. The first-order valence-corrected chi connectivity index (χ1v) is 40.6. The van der Waals surface area contributed by atoms with Crippen LogP contribution in [0.5, 0.6) is 0 Å². The quantitative estimate of drug-likeness (QED) is 0.0343. The lowest BCUT2D eigenvalue weighted by molar-refractivity contribution is -0.118. The Balaban J connectivity index is 0.000000182. The molecule has 0 bridgehead atoms. The van der Waals surface area contributed by atoms with Crippen LogP contribution in [-0.2, 0) is 60.6 Å². The Bertz CT molecular complexity index is 5010. The normalized spacial score (nSPS) is 18.1. The van der Waals surface area contributed by atoms with Gasteiger partial charge in [-0.2, -0.15) is 0 Å². The number of fused-ring (bicyclic) bond motifs is 4. The molecule has 2 aromatic heterocycles. The molecule has 4 aliphatic heterocycles. The summed E-state index contributed by atoms with van der Waals surface area (Å²) < 4.78 is 42.0. The van der Waals surface area contributed by atoms with Crippen LogP contribution in [0.3, 0.4) is 0 Å². The van der Waals surface area contributed by atoms with Gasteiger partial charge in [0.1, 0.15) is 17.1 Å². The van der Waals surface area contributed by atoms with Crippen LogP contribution in [0.15, 0.2) is 155 Å². The number of nitrogens with two attached hydrogens (primary N) is 1. The number of hydrogen-bond acceptors (Lipinski definition) is 20. The molecule has 640 valence electrons. The zero-order valence-corrected chi connectivity index (χ0v) is 71.6. The van der Waals surface area contributed by atoms with Crippen LogP contribution in [0.4, 0.5) is 41.9 Å². The van der Waals surface area contributed by atoms with Gasteiger partial charge in [0, 0.05) is 98.9 Å². The number of methoxy groups -OCH3 is 1. The number of aliphatic hydroxyl groups is 1. The van der Waals surface area contributed by atoms with Crippen molar-refractivity contribution in [3.8, 4) is 44.9 Å². The van der Waals surface area contributed by atoms with E-state index < -0.39 is 36.3 Å². The summed E-state index contributed by atoms with van der Waals surface area (Å²) in [6.45, 7) is 30.9. The number of amides is 8. The number of carbonyl (C=O) groups excluding carboxylic acids is 10. The monoisotopic (exact) mass is 1650 g/mol. The minimum absolute atomic E-state index is 0.0140. The van der Waals surface area contributed by atoms with Crippen molar-refractivity contribution in [1.29, 1.82) is 0 Å². The Morgan fingerprint density at radius 2 is 0.783 bits per heavy atom. The molecule has 6 aromatic carbocycles. The van der Waals surface area contributed by atoms with Crippen molar-refractivity contribution in [3.05, 3.63) is 190 Å². The molecule has 4 aliphatic rings. The molecule has 0 saturated heterocycles. The molecular weight excluding hydrogens is 1540 g/mol. The molecule has 120 heavy (non-hydrogen) atoms. The maximum atomic E-state index is 12.3. The fourth-order valence-electron chi connectivity index (χ4n) is 15.7. The number of alkyl carbamates (subject to hydrolysis) is 4. The smallest absolute Gasteiger partial charge is 0.407 e. The van der Waals surface area contributed by atoms with Gasteiger partial charge in [-0.15, -0.1) is 0 Å². The van der Waals surface area contributed by atoms with Gasteiger partial charge in [-0.25, -0.2) is 28.8 Å². The van der Waals surface area contributed by atoms with Crippen molar-refractivity contribution in [2.24, 2.45) is 5.73 Å². The average molecular weight is 1650 g/mol. The highest BCUT2D eigenvalue weighted by Crippen LogP contribution is 2.45. The van der Waals surface area contributed by atoms with Gasteiger partial charge in [-0.3, -0.25) is 19.2 Å². The fraction of sp³-hybridized carbons (Fsp3) is 0.413. The molecule has 0 aliphatic carbocycles. The van der Waals surface area contributed by atoms with E-state index in [1.165, 1.54) is 27.2 Å². The van der Waals surface area contributed by atoms with Crippen molar-refractivity contribution >= 4 is 82.7 Å². The Labute approximate surface area is 701 Å². The molecule has 8 aromatic rings. The second-order valence-corrected chi connectivity index (χ2v) is 31.2. The number of furan rings is 2. The first-order valence-electron chi connectivity index (χ1n) is 40.6. The Hall–Kier alpha value is -12.3. The maximum Gasteiger partial charge on any atom is 0.407 e. The number of nitrogens with zero attached hydrogens (tertiary/aromatic N) is 4. The lowest BCUT2D eigenvalue weighted by Gasteiger charge is -2.39. The number of ether oxygens (including phenoxy) is 6. The molecule has 0 fully saturated rings. The Morgan fingerprint density at radius 1 is 0.442 bits per heavy atom. The largest absolute Gasteiger partial charge is 0.465 e. The molecule has 28 heteroatoms. The van der Waals surface area contributed by atoms with E-state index in [0.717, 1.165) is 78.3 Å².